The smallest absolute Gasteiger partial charge is 0.223 e. The number of aromatic nitrogens is 2. The molecular weight excluding hydrogens is 449 g/mol. The van der Waals surface area contributed by atoms with E-state index in [1.54, 1.807) is 31.2 Å². The lowest BCUT2D eigenvalue weighted by atomic mass is 9.98. The first kappa shape index (κ1) is 23.8. The Kier molecular flexibility index (Phi) is 7.32. The summed E-state index contributed by atoms with van der Waals surface area (Å²) in [6.45, 7) is 1.86. The van der Waals surface area contributed by atoms with Crippen molar-refractivity contribution in [3.63, 3.8) is 0 Å². The third-order valence-corrected chi connectivity index (χ3v) is 5.19. The van der Waals surface area contributed by atoms with E-state index in [-0.39, 0.29) is 42.8 Å². The number of rotatable bonds is 9. The van der Waals surface area contributed by atoms with Crippen molar-refractivity contribution < 1.29 is 23.8 Å². The van der Waals surface area contributed by atoms with Crippen molar-refractivity contribution in [2.45, 2.75) is 13.5 Å². The van der Waals surface area contributed by atoms with Crippen molar-refractivity contribution in [2.75, 3.05) is 18.9 Å². The van der Waals surface area contributed by atoms with E-state index >= 15 is 0 Å². The molecule has 4 rings (SSSR count). The monoisotopic (exact) mass is 473 g/mol. The first-order valence-corrected chi connectivity index (χ1v) is 10.9. The maximum absolute atomic E-state index is 14.5. The summed E-state index contributed by atoms with van der Waals surface area (Å²) in [5.41, 5.74) is 8.59. The molecule has 0 saturated heterocycles. The average molecular weight is 474 g/mol. The summed E-state index contributed by atoms with van der Waals surface area (Å²) in [6, 6.07) is 20.4. The second-order valence-electron chi connectivity index (χ2n) is 7.82. The molecule has 1 heterocycles. The normalized spacial score (nSPS) is 10.7. The molecule has 0 unspecified atom stereocenters. The zero-order chi connectivity index (χ0) is 24.8. The van der Waals surface area contributed by atoms with Gasteiger partial charge in [-0.05, 0) is 48.4 Å². The molecule has 0 aliphatic rings. The third-order valence-electron chi connectivity index (χ3n) is 5.19. The molecule has 0 spiro atoms. The molecule has 178 valence electrons. The number of ketones is 1. The number of carbonyl (C=O) groups excluding carboxylic acids is 1. The highest BCUT2D eigenvalue weighted by Gasteiger charge is 2.19. The van der Waals surface area contributed by atoms with Gasteiger partial charge >= 0.3 is 0 Å². The number of halogens is 1. The molecule has 3 N–H and O–H groups in total. The molecule has 0 atom stereocenters. The number of nitrogens with two attached hydrogens (primary N) is 1. The third kappa shape index (κ3) is 5.80. The van der Waals surface area contributed by atoms with E-state index in [2.05, 4.69) is 9.97 Å². The van der Waals surface area contributed by atoms with Crippen molar-refractivity contribution in [3.05, 3.63) is 101 Å². The molecule has 1 aromatic heterocycles. The molecule has 0 radical (unpaired) electrons. The van der Waals surface area contributed by atoms with Crippen LogP contribution in [0.4, 0.5) is 10.3 Å². The summed E-state index contributed by atoms with van der Waals surface area (Å²) < 4.78 is 26.0. The van der Waals surface area contributed by atoms with Crippen LogP contribution in [0.3, 0.4) is 0 Å². The molecule has 35 heavy (non-hydrogen) atoms. The first-order chi connectivity index (χ1) is 16.9. The van der Waals surface area contributed by atoms with Crippen LogP contribution in [0, 0.1) is 12.7 Å². The lowest BCUT2D eigenvalue weighted by Gasteiger charge is -2.14. The van der Waals surface area contributed by atoms with Gasteiger partial charge in [-0.2, -0.15) is 4.98 Å². The quantitative estimate of drug-likeness (QED) is 0.348. The lowest BCUT2D eigenvalue weighted by Crippen LogP contribution is -2.08. The molecule has 8 heteroatoms. The van der Waals surface area contributed by atoms with E-state index in [1.165, 1.54) is 18.2 Å². The highest BCUT2D eigenvalue weighted by atomic mass is 19.1. The number of benzene rings is 3. The number of hydrogen-bond donors (Lipinski definition) is 2. The van der Waals surface area contributed by atoms with E-state index in [0.717, 1.165) is 11.1 Å². The molecular formula is C27H24FN3O4. The van der Waals surface area contributed by atoms with E-state index < -0.39 is 11.6 Å². The fourth-order valence-electron chi connectivity index (χ4n) is 3.50. The fourth-order valence-corrected chi connectivity index (χ4v) is 3.50. The van der Waals surface area contributed by atoms with E-state index in [1.807, 2.05) is 30.3 Å². The summed E-state index contributed by atoms with van der Waals surface area (Å²) >= 11 is 0. The van der Waals surface area contributed by atoms with Gasteiger partial charge in [-0.25, -0.2) is 9.37 Å². The molecule has 0 aliphatic carbocycles. The maximum atomic E-state index is 14.5. The molecule has 3 aromatic carbocycles. The number of aryl methyl sites for hydroxylation is 1. The second kappa shape index (κ2) is 10.8. The van der Waals surface area contributed by atoms with Gasteiger partial charge in [-0.1, -0.05) is 36.4 Å². The predicted octanol–water partition coefficient (Wildman–Crippen LogP) is 4.35. The minimum atomic E-state index is -0.591. The van der Waals surface area contributed by atoms with Crippen LogP contribution >= 0.6 is 0 Å². The Labute approximate surface area is 202 Å². The zero-order valence-electron chi connectivity index (χ0n) is 19.1. The number of carbonyl (C=O) groups is 1. The minimum Gasteiger partial charge on any atom is -0.488 e. The molecule has 0 bridgehead atoms. The van der Waals surface area contributed by atoms with Gasteiger partial charge in [0.2, 0.25) is 11.8 Å². The van der Waals surface area contributed by atoms with Crippen LogP contribution in [-0.4, -0.2) is 34.1 Å². The summed E-state index contributed by atoms with van der Waals surface area (Å²) in [6.07, 6.45) is 0. The SMILES string of the molecule is Cc1ccc(C(=O)c2ccc(OCc3ccccc3)c(-c3cc(OCCO)nc(N)n3)c2)c(F)c1. The van der Waals surface area contributed by atoms with Crippen LogP contribution in [0.1, 0.15) is 27.0 Å². The van der Waals surface area contributed by atoms with Crippen LogP contribution in [-0.2, 0) is 6.61 Å². The number of nitrogens with zero attached hydrogens (tertiary/aromatic N) is 2. The van der Waals surface area contributed by atoms with Crippen LogP contribution in [0.5, 0.6) is 11.6 Å². The summed E-state index contributed by atoms with van der Waals surface area (Å²) in [4.78, 5) is 21.4. The maximum Gasteiger partial charge on any atom is 0.223 e. The van der Waals surface area contributed by atoms with Crippen LogP contribution in [0.25, 0.3) is 11.3 Å². The highest BCUT2D eigenvalue weighted by Crippen LogP contribution is 2.33. The summed E-state index contributed by atoms with van der Waals surface area (Å²) in [5.74, 6) is -0.507. The summed E-state index contributed by atoms with van der Waals surface area (Å²) in [5, 5.41) is 9.06. The highest BCUT2D eigenvalue weighted by molar-refractivity contribution is 6.10. The number of aliphatic hydroxyl groups excluding tert-OH is 1. The number of ether oxygens (including phenoxy) is 2. The molecule has 7 nitrogen and oxygen atoms in total. The van der Waals surface area contributed by atoms with E-state index in [0.29, 0.717) is 17.0 Å². The van der Waals surface area contributed by atoms with E-state index in [4.69, 9.17) is 20.3 Å². The zero-order valence-corrected chi connectivity index (χ0v) is 19.1. The Balaban J connectivity index is 1.76. The van der Waals surface area contributed by atoms with Gasteiger partial charge in [0.1, 0.15) is 24.8 Å². The Morgan fingerprint density at radius 3 is 2.54 bits per heavy atom. The number of nitrogen functional groups attached to an aromatic ring is 1. The standard InChI is InChI=1S/C27H24FN3O4/c1-17-7-9-20(22(28)13-17)26(33)19-8-10-24(35-16-18-5-3-2-4-6-18)21(14-19)23-15-25(34-12-11-32)31-27(29)30-23/h2-10,13-15,32H,11-12,16H2,1H3,(H2,29,30,31). The Hall–Kier alpha value is -4.30. The largest absolute Gasteiger partial charge is 0.488 e. The first-order valence-electron chi connectivity index (χ1n) is 10.9. The van der Waals surface area contributed by atoms with Crippen molar-refractivity contribution in [2.24, 2.45) is 0 Å². The van der Waals surface area contributed by atoms with Crippen molar-refractivity contribution >= 4 is 11.7 Å². The Bertz CT molecular complexity index is 1350. The number of anilines is 1. The Morgan fingerprint density at radius 2 is 1.80 bits per heavy atom. The van der Waals surface area contributed by atoms with Crippen LogP contribution < -0.4 is 15.2 Å². The van der Waals surface area contributed by atoms with Gasteiger partial charge in [0.05, 0.1) is 17.9 Å². The van der Waals surface area contributed by atoms with Gasteiger partial charge in [-0.3, -0.25) is 4.79 Å². The second-order valence-corrected chi connectivity index (χ2v) is 7.82. The molecule has 0 saturated carbocycles. The fraction of sp³-hybridized carbons (Fsp3) is 0.148. The minimum absolute atomic E-state index is 0.0263. The summed E-state index contributed by atoms with van der Waals surface area (Å²) in [7, 11) is 0. The van der Waals surface area contributed by atoms with Gasteiger partial charge in [0.25, 0.3) is 0 Å². The van der Waals surface area contributed by atoms with Crippen LogP contribution in [0.2, 0.25) is 0 Å². The average Bonchev–Trinajstić information content (AvgIpc) is 2.86. The van der Waals surface area contributed by atoms with E-state index in [9.17, 15) is 9.18 Å². The Morgan fingerprint density at radius 1 is 1.00 bits per heavy atom. The molecule has 0 amide bonds. The van der Waals surface area contributed by atoms with Crippen molar-refractivity contribution in [1.29, 1.82) is 0 Å². The molecule has 0 fully saturated rings. The molecule has 0 aliphatic heterocycles. The van der Waals surface area contributed by atoms with Gasteiger partial charge in [0.15, 0.2) is 5.78 Å². The van der Waals surface area contributed by atoms with Crippen molar-refractivity contribution in [1.82, 2.24) is 9.97 Å². The topological polar surface area (TPSA) is 108 Å². The van der Waals surface area contributed by atoms with Gasteiger partial charge in [0, 0.05) is 17.2 Å². The number of aliphatic hydroxyl groups is 1. The number of hydrogen-bond acceptors (Lipinski definition) is 7. The lowest BCUT2D eigenvalue weighted by molar-refractivity contribution is 0.103. The van der Waals surface area contributed by atoms with Crippen LogP contribution in [0.15, 0.2) is 72.8 Å². The van der Waals surface area contributed by atoms with Gasteiger partial charge in [-0.15, -0.1) is 0 Å². The predicted molar refractivity (Wildman–Crippen MR) is 130 cm³/mol. The van der Waals surface area contributed by atoms with Gasteiger partial charge < -0.3 is 20.3 Å². The van der Waals surface area contributed by atoms with Crippen molar-refractivity contribution in [3.8, 4) is 22.9 Å². The molecule has 4 aromatic rings.